The third-order valence-corrected chi connectivity index (χ3v) is 7.22. The highest BCUT2D eigenvalue weighted by molar-refractivity contribution is 5.82. The second-order valence-electron chi connectivity index (χ2n) is 9.78. The number of rotatable bonds is 5. The van der Waals surface area contributed by atoms with Crippen molar-refractivity contribution in [2.45, 2.75) is 25.9 Å². The van der Waals surface area contributed by atoms with E-state index in [2.05, 4.69) is 76.3 Å². The second-order valence-corrected chi connectivity index (χ2v) is 9.78. The lowest BCUT2D eigenvalue weighted by molar-refractivity contribution is 0.250. The van der Waals surface area contributed by atoms with Gasteiger partial charge in [0, 0.05) is 36.8 Å². The molecule has 32 heavy (non-hydrogen) atoms. The van der Waals surface area contributed by atoms with Gasteiger partial charge in [-0.25, -0.2) is 0 Å². The SMILES string of the molecule is CN1CC[C@]2(CCN(Cc3cn(Cc4ccccc4)nc3-c3cc4ccccc4o3)C2)C1. The smallest absolute Gasteiger partial charge is 0.156 e. The fourth-order valence-corrected chi connectivity index (χ4v) is 5.63. The van der Waals surface area contributed by atoms with E-state index < -0.39 is 0 Å². The molecule has 0 saturated carbocycles. The van der Waals surface area contributed by atoms with E-state index in [-0.39, 0.29) is 0 Å². The molecule has 2 aliphatic rings. The number of fused-ring (bicyclic) bond motifs is 1. The Bertz CT molecular complexity index is 1190. The van der Waals surface area contributed by atoms with Crippen LogP contribution in [0.5, 0.6) is 0 Å². The molecular weight excluding hydrogens is 396 g/mol. The summed E-state index contributed by atoms with van der Waals surface area (Å²) in [6.45, 7) is 6.49. The molecule has 2 aliphatic heterocycles. The molecule has 2 saturated heterocycles. The van der Waals surface area contributed by atoms with Crippen molar-refractivity contribution in [1.82, 2.24) is 19.6 Å². The topological polar surface area (TPSA) is 37.4 Å². The Balaban J connectivity index is 1.31. The van der Waals surface area contributed by atoms with Crippen molar-refractivity contribution in [1.29, 1.82) is 0 Å². The van der Waals surface area contributed by atoms with E-state index >= 15 is 0 Å². The fourth-order valence-electron chi connectivity index (χ4n) is 5.63. The van der Waals surface area contributed by atoms with Crippen LogP contribution in [-0.4, -0.2) is 52.8 Å². The Labute approximate surface area is 189 Å². The molecule has 2 aromatic heterocycles. The number of furan rings is 1. The number of hydrogen-bond donors (Lipinski definition) is 0. The van der Waals surface area contributed by atoms with Crippen molar-refractivity contribution in [3.05, 3.63) is 78.0 Å². The minimum Gasteiger partial charge on any atom is -0.454 e. The van der Waals surface area contributed by atoms with Crippen LogP contribution in [0.4, 0.5) is 0 Å². The van der Waals surface area contributed by atoms with Crippen LogP contribution >= 0.6 is 0 Å². The molecule has 2 aromatic carbocycles. The third-order valence-electron chi connectivity index (χ3n) is 7.22. The third kappa shape index (κ3) is 3.76. The number of para-hydroxylation sites is 1. The first kappa shape index (κ1) is 19.8. The first-order chi connectivity index (χ1) is 15.7. The molecular formula is C27H30N4O. The molecule has 164 valence electrons. The number of nitrogens with zero attached hydrogens (tertiary/aromatic N) is 4. The van der Waals surface area contributed by atoms with Gasteiger partial charge in [-0.3, -0.25) is 9.58 Å². The molecule has 1 atom stereocenters. The molecule has 4 heterocycles. The summed E-state index contributed by atoms with van der Waals surface area (Å²) in [6, 6.07) is 20.9. The Kier molecular flexibility index (Phi) is 4.89. The summed E-state index contributed by atoms with van der Waals surface area (Å²) in [5.41, 5.74) is 4.88. The molecule has 0 aliphatic carbocycles. The summed E-state index contributed by atoms with van der Waals surface area (Å²) in [6.07, 6.45) is 4.85. The maximum absolute atomic E-state index is 6.23. The number of aromatic nitrogens is 2. The zero-order valence-corrected chi connectivity index (χ0v) is 18.7. The predicted molar refractivity (Wildman–Crippen MR) is 127 cm³/mol. The van der Waals surface area contributed by atoms with Gasteiger partial charge >= 0.3 is 0 Å². The standard InChI is InChI=1S/C27H30N4O/c1-29-13-11-27(19-29)12-14-30(20-27)17-23-18-31(16-21-7-3-2-4-8-21)28-26(23)25-15-22-9-5-6-10-24(22)32-25/h2-10,15,18H,11-14,16-17,19-20H2,1H3/t27-/m0/s1. The van der Waals surface area contributed by atoms with Gasteiger partial charge in [-0.2, -0.15) is 5.10 Å². The van der Waals surface area contributed by atoms with Crippen molar-refractivity contribution in [3.63, 3.8) is 0 Å². The van der Waals surface area contributed by atoms with E-state index in [1.165, 1.54) is 43.6 Å². The molecule has 4 aromatic rings. The first-order valence-corrected chi connectivity index (χ1v) is 11.7. The Hall–Kier alpha value is -2.89. The van der Waals surface area contributed by atoms with Crippen molar-refractivity contribution >= 4 is 11.0 Å². The lowest BCUT2D eigenvalue weighted by Crippen LogP contribution is -2.29. The quantitative estimate of drug-likeness (QED) is 0.456. The fraction of sp³-hybridized carbons (Fsp3) is 0.370. The molecule has 2 fully saturated rings. The largest absolute Gasteiger partial charge is 0.454 e. The lowest BCUT2D eigenvalue weighted by Gasteiger charge is -2.23. The van der Waals surface area contributed by atoms with Crippen molar-refractivity contribution in [3.8, 4) is 11.5 Å². The van der Waals surface area contributed by atoms with Gasteiger partial charge in [-0.1, -0.05) is 48.5 Å². The predicted octanol–water partition coefficient (Wildman–Crippen LogP) is 4.87. The van der Waals surface area contributed by atoms with E-state index in [4.69, 9.17) is 9.52 Å². The minimum absolute atomic E-state index is 0.480. The molecule has 5 heteroatoms. The second kappa shape index (κ2) is 7.91. The van der Waals surface area contributed by atoms with Crippen LogP contribution in [-0.2, 0) is 13.1 Å². The van der Waals surface area contributed by atoms with Crippen molar-refractivity contribution < 1.29 is 4.42 Å². The Morgan fingerprint density at radius 3 is 2.56 bits per heavy atom. The average molecular weight is 427 g/mol. The normalized spacial score (nSPS) is 21.9. The first-order valence-electron chi connectivity index (χ1n) is 11.7. The van der Waals surface area contributed by atoms with E-state index in [0.717, 1.165) is 42.1 Å². The van der Waals surface area contributed by atoms with E-state index in [1.54, 1.807) is 0 Å². The van der Waals surface area contributed by atoms with Gasteiger partial charge in [0.25, 0.3) is 0 Å². The number of hydrogen-bond acceptors (Lipinski definition) is 4. The van der Waals surface area contributed by atoms with Gasteiger partial charge in [-0.05, 0) is 56.1 Å². The zero-order valence-electron chi connectivity index (χ0n) is 18.7. The minimum atomic E-state index is 0.480. The summed E-state index contributed by atoms with van der Waals surface area (Å²) in [5.74, 6) is 0.863. The van der Waals surface area contributed by atoms with Gasteiger partial charge in [0.2, 0.25) is 0 Å². The van der Waals surface area contributed by atoms with Crippen LogP contribution in [0.2, 0.25) is 0 Å². The summed E-state index contributed by atoms with van der Waals surface area (Å²) in [5, 5.41) is 6.13. The highest BCUT2D eigenvalue weighted by Gasteiger charge is 2.42. The van der Waals surface area contributed by atoms with Crippen LogP contribution in [0.25, 0.3) is 22.4 Å². The molecule has 0 unspecified atom stereocenters. The highest BCUT2D eigenvalue weighted by atomic mass is 16.3. The van der Waals surface area contributed by atoms with E-state index in [9.17, 15) is 0 Å². The molecule has 0 N–H and O–H groups in total. The molecule has 5 nitrogen and oxygen atoms in total. The molecule has 1 spiro atoms. The molecule has 0 bridgehead atoms. The summed E-state index contributed by atoms with van der Waals surface area (Å²) in [4.78, 5) is 5.11. The summed E-state index contributed by atoms with van der Waals surface area (Å²) >= 11 is 0. The van der Waals surface area contributed by atoms with E-state index in [1.807, 2.05) is 12.1 Å². The monoisotopic (exact) mass is 426 g/mol. The van der Waals surface area contributed by atoms with Crippen LogP contribution in [0.15, 0.2) is 71.3 Å². The van der Waals surface area contributed by atoms with Crippen LogP contribution in [0, 0.1) is 5.41 Å². The van der Waals surface area contributed by atoms with Gasteiger partial charge in [0.05, 0.1) is 6.54 Å². The summed E-state index contributed by atoms with van der Waals surface area (Å²) in [7, 11) is 2.25. The lowest BCUT2D eigenvalue weighted by atomic mass is 9.86. The van der Waals surface area contributed by atoms with Crippen molar-refractivity contribution in [2.75, 3.05) is 33.2 Å². The van der Waals surface area contributed by atoms with Crippen molar-refractivity contribution in [2.24, 2.45) is 5.41 Å². The summed E-state index contributed by atoms with van der Waals surface area (Å²) < 4.78 is 8.30. The van der Waals surface area contributed by atoms with Gasteiger partial charge in [-0.15, -0.1) is 0 Å². The maximum atomic E-state index is 6.23. The van der Waals surface area contributed by atoms with E-state index in [0.29, 0.717) is 5.41 Å². The molecule has 0 radical (unpaired) electrons. The van der Waals surface area contributed by atoms with Crippen LogP contribution in [0.1, 0.15) is 24.0 Å². The van der Waals surface area contributed by atoms with Gasteiger partial charge < -0.3 is 9.32 Å². The van der Waals surface area contributed by atoms with Crippen LogP contribution < -0.4 is 0 Å². The highest BCUT2D eigenvalue weighted by Crippen LogP contribution is 2.40. The number of benzene rings is 2. The molecule has 6 rings (SSSR count). The zero-order chi connectivity index (χ0) is 21.5. The van der Waals surface area contributed by atoms with Gasteiger partial charge in [0.1, 0.15) is 11.3 Å². The van der Waals surface area contributed by atoms with Gasteiger partial charge in [0.15, 0.2) is 5.76 Å². The Morgan fingerprint density at radius 2 is 1.75 bits per heavy atom. The Morgan fingerprint density at radius 1 is 0.938 bits per heavy atom. The maximum Gasteiger partial charge on any atom is 0.156 e. The average Bonchev–Trinajstić information content (AvgIpc) is 3.56. The molecule has 0 amide bonds. The number of likely N-dealkylation sites (tertiary alicyclic amines) is 2. The van der Waals surface area contributed by atoms with Crippen LogP contribution in [0.3, 0.4) is 0 Å².